The zero-order valence-corrected chi connectivity index (χ0v) is 13.9. The molecular weight excluding hydrogens is 304 g/mol. The van der Waals surface area contributed by atoms with Crippen molar-refractivity contribution in [1.82, 2.24) is 0 Å². The molecule has 0 bridgehead atoms. The molecule has 126 valence electrons. The number of hydrogen-bond acceptors (Lipinski definition) is 3. The van der Waals surface area contributed by atoms with Crippen LogP contribution in [0.5, 0.6) is 5.75 Å². The van der Waals surface area contributed by atoms with Crippen molar-refractivity contribution in [2.75, 3.05) is 11.9 Å². The van der Waals surface area contributed by atoms with Crippen LogP contribution in [0.3, 0.4) is 0 Å². The molecule has 0 atom stereocenters. The molecule has 2 amide bonds. The van der Waals surface area contributed by atoms with Gasteiger partial charge in [-0.25, -0.2) is 0 Å². The third-order valence-corrected chi connectivity index (χ3v) is 3.47. The van der Waals surface area contributed by atoms with Crippen molar-refractivity contribution in [3.63, 3.8) is 0 Å². The van der Waals surface area contributed by atoms with Crippen molar-refractivity contribution in [2.24, 2.45) is 11.7 Å². The molecular formula is C19H22N2O3. The van der Waals surface area contributed by atoms with Crippen LogP contribution >= 0.6 is 0 Å². The van der Waals surface area contributed by atoms with Crippen LogP contribution in [0.15, 0.2) is 48.5 Å². The molecule has 0 aliphatic rings. The fraction of sp³-hybridized carbons (Fsp3) is 0.263. The Morgan fingerprint density at radius 3 is 2.50 bits per heavy atom. The minimum Gasteiger partial charge on any atom is -0.494 e. The second-order valence-corrected chi connectivity index (χ2v) is 5.96. The first-order chi connectivity index (χ1) is 11.5. The standard InChI is InChI=1S/C19H22N2O3/c1-13(2)9-10-24-17-8-4-6-15(12-17)19(23)21-16-7-3-5-14(11-16)18(20)22/h3-8,11-13H,9-10H2,1-2H3,(H2,20,22)(H,21,23). The van der Waals surface area contributed by atoms with Gasteiger partial charge < -0.3 is 15.8 Å². The van der Waals surface area contributed by atoms with Gasteiger partial charge in [0.2, 0.25) is 5.91 Å². The Morgan fingerprint density at radius 1 is 1.08 bits per heavy atom. The van der Waals surface area contributed by atoms with Gasteiger partial charge in [0, 0.05) is 16.8 Å². The van der Waals surface area contributed by atoms with Crippen LogP contribution in [0.25, 0.3) is 0 Å². The number of primary amides is 1. The molecule has 3 N–H and O–H groups in total. The van der Waals surface area contributed by atoms with E-state index in [4.69, 9.17) is 10.5 Å². The number of ether oxygens (including phenoxy) is 1. The lowest BCUT2D eigenvalue weighted by molar-refractivity contribution is 0.0996. The van der Waals surface area contributed by atoms with Gasteiger partial charge >= 0.3 is 0 Å². The Balaban J connectivity index is 2.04. The van der Waals surface area contributed by atoms with Crippen LogP contribution in [0, 0.1) is 5.92 Å². The number of rotatable bonds is 7. The maximum Gasteiger partial charge on any atom is 0.255 e. The molecule has 0 unspecified atom stereocenters. The van der Waals surface area contributed by atoms with Crippen molar-refractivity contribution in [3.05, 3.63) is 59.7 Å². The molecule has 24 heavy (non-hydrogen) atoms. The number of nitrogens with two attached hydrogens (primary N) is 1. The van der Waals surface area contributed by atoms with Gasteiger partial charge in [0.05, 0.1) is 6.61 Å². The molecule has 5 nitrogen and oxygen atoms in total. The Morgan fingerprint density at radius 2 is 1.79 bits per heavy atom. The van der Waals surface area contributed by atoms with Gasteiger partial charge in [0.25, 0.3) is 5.91 Å². The summed E-state index contributed by atoms with van der Waals surface area (Å²) in [4.78, 5) is 23.5. The summed E-state index contributed by atoms with van der Waals surface area (Å²) in [6, 6.07) is 13.5. The molecule has 0 aromatic heterocycles. The third kappa shape index (κ3) is 5.12. The van der Waals surface area contributed by atoms with E-state index in [1.165, 1.54) is 0 Å². The predicted octanol–water partition coefficient (Wildman–Crippen LogP) is 3.46. The minimum atomic E-state index is -0.536. The van der Waals surface area contributed by atoms with Crippen molar-refractivity contribution in [1.29, 1.82) is 0 Å². The summed E-state index contributed by atoms with van der Waals surface area (Å²) in [5.41, 5.74) is 6.59. The maximum absolute atomic E-state index is 12.3. The molecule has 0 aliphatic heterocycles. The van der Waals surface area contributed by atoms with Crippen molar-refractivity contribution in [2.45, 2.75) is 20.3 Å². The average Bonchev–Trinajstić information content (AvgIpc) is 2.55. The summed E-state index contributed by atoms with van der Waals surface area (Å²) in [7, 11) is 0. The van der Waals surface area contributed by atoms with Crippen molar-refractivity contribution >= 4 is 17.5 Å². The number of benzene rings is 2. The molecule has 0 fully saturated rings. The first-order valence-corrected chi connectivity index (χ1v) is 7.90. The van der Waals surface area contributed by atoms with Crippen LogP contribution < -0.4 is 15.8 Å². The second kappa shape index (κ2) is 8.15. The molecule has 0 saturated carbocycles. The Kier molecular flexibility index (Phi) is 5.95. The zero-order valence-electron chi connectivity index (χ0n) is 13.9. The first-order valence-electron chi connectivity index (χ1n) is 7.90. The first kappa shape index (κ1) is 17.5. The molecule has 0 radical (unpaired) electrons. The fourth-order valence-corrected chi connectivity index (χ4v) is 2.09. The SMILES string of the molecule is CC(C)CCOc1cccc(C(=O)Nc2cccc(C(N)=O)c2)c1. The lowest BCUT2D eigenvalue weighted by Gasteiger charge is -2.10. The number of hydrogen-bond donors (Lipinski definition) is 2. The summed E-state index contributed by atoms with van der Waals surface area (Å²) in [5, 5.41) is 2.75. The highest BCUT2D eigenvalue weighted by molar-refractivity contribution is 6.05. The Bertz CT molecular complexity index is 726. The van der Waals surface area contributed by atoms with Gasteiger partial charge in [-0.3, -0.25) is 9.59 Å². The van der Waals surface area contributed by atoms with E-state index in [9.17, 15) is 9.59 Å². The number of carbonyl (C=O) groups excluding carboxylic acids is 2. The van der Waals surface area contributed by atoms with E-state index in [1.807, 2.05) is 6.07 Å². The van der Waals surface area contributed by atoms with E-state index in [2.05, 4.69) is 19.2 Å². The van der Waals surface area contributed by atoms with Gasteiger partial charge in [-0.05, 0) is 48.7 Å². The van der Waals surface area contributed by atoms with Gasteiger partial charge in [-0.15, -0.1) is 0 Å². The molecule has 2 aromatic carbocycles. The normalized spacial score (nSPS) is 10.5. The van der Waals surface area contributed by atoms with Crippen molar-refractivity contribution in [3.8, 4) is 5.75 Å². The summed E-state index contributed by atoms with van der Waals surface area (Å²) >= 11 is 0. The number of anilines is 1. The molecule has 0 saturated heterocycles. The number of carbonyl (C=O) groups is 2. The molecule has 0 heterocycles. The summed E-state index contributed by atoms with van der Waals surface area (Å²) in [6.45, 7) is 4.88. The highest BCUT2D eigenvalue weighted by Gasteiger charge is 2.09. The second-order valence-electron chi connectivity index (χ2n) is 5.96. The van der Waals surface area contributed by atoms with E-state index < -0.39 is 5.91 Å². The quantitative estimate of drug-likeness (QED) is 0.817. The predicted molar refractivity (Wildman–Crippen MR) is 94.3 cm³/mol. The van der Waals surface area contributed by atoms with E-state index in [0.717, 1.165) is 6.42 Å². The lowest BCUT2D eigenvalue weighted by atomic mass is 10.1. The zero-order chi connectivity index (χ0) is 17.5. The van der Waals surface area contributed by atoms with Gasteiger partial charge in [-0.1, -0.05) is 26.0 Å². The average molecular weight is 326 g/mol. The van der Waals surface area contributed by atoms with E-state index in [1.54, 1.807) is 42.5 Å². The van der Waals surface area contributed by atoms with Crippen molar-refractivity contribution < 1.29 is 14.3 Å². The molecule has 2 aromatic rings. The van der Waals surface area contributed by atoms with Crippen LogP contribution in [0.1, 0.15) is 41.0 Å². The lowest BCUT2D eigenvalue weighted by Crippen LogP contribution is -2.14. The summed E-state index contributed by atoms with van der Waals surface area (Å²) in [6.07, 6.45) is 0.955. The smallest absolute Gasteiger partial charge is 0.255 e. The van der Waals surface area contributed by atoms with E-state index >= 15 is 0 Å². The van der Waals surface area contributed by atoms with E-state index in [0.29, 0.717) is 35.1 Å². The maximum atomic E-state index is 12.3. The molecule has 5 heteroatoms. The van der Waals surface area contributed by atoms with Crippen LogP contribution in [-0.4, -0.2) is 18.4 Å². The highest BCUT2D eigenvalue weighted by Crippen LogP contribution is 2.17. The minimum absolute atomic E-state index is 0.272. The topological polar surface area (TPSA) is 81.4 Å². The largest absolute Gasteiger partial charge is 0.494 e. The molecule has 0 spiro atoms. The van der Waals surface area contributed by atoms with Gasteiger partial charge in [0.15, 0.2) is 0 Å². The fourth-order valence-electron chi connectivity index (χ4n) is 2.09. The van der Waals surface area contributed by atoms with Gasteiger partial charge in [-0.2, -0.15) is 0 Å². The summed E-state index contributed by atoms with van der Waals surface area (Å²) < 4.78 is 5.67. The van der Waals surface area contributed by atoms with E-state index in [-0.39, 0.29) is 5.91 Å². The highest BCUT2D eigenvalue weighted by atomic mass is 16.5. The van der Waals surface area contributed by atoms with Crippen LogP contribution in [-0.2, 0) is 0 Å². The van der Waals surface area contributed by atoms with Crippen LogP contribution in [0.4, 0.5) is 5.69 Å². The third-order valence-electron chi connectivity index (χ3n) is 3.47. The number of nitrogens with one attached hydrogen (secondary N) is 1. The Hall–Kier alpha value is -2.82. The molecule has 0 aliphatic carbocycles. The Labute approximate surface area is 141 Å². The monoisotopic (exact) mass is 326 g/mol. The summed E-state index contributed by atoms with van der Waals surface area (Å²) in [5.74, 6) is 0.417. The van der Waals surface area contributed by atoms with Crippen LogP contribution in [0.2, 0.25) is 0 Å². The van der Waals surface area contributed by atoms with Gasteiger partial charge in [0.1, 0.15) is 5.75 Å². The molecule has 2 rings (SSSR count). The number of amides is 2.